The Morgan fingerprint density at radius 2 is 2.30 bits per heavy atom. The number of hydrogen-bond donors (Lipinski definition) is 0. The van der Waals surface area contributed by atoms with Crippen LogP contribution in [0.1, 0.15) is 49.2 Å². The fraction of sp³-hybridized carbons (Fsp3) is 0.647. The summed E-state index contributed by atoms with van der Waals surface area (Å²) in [4.78, 5) is 7.03. The van der Waals surface area contributed by atoms with Crippen molar-refractivity contribution in [3.05, 3.63) is 35.9 Å². The van der Waals surface area contributed by atoms with Gasteiger partial charge in [0.25, 0.3) is 0 Å². The van der Waals surface area contributed by atoms with Crippen molar-refractivity contribution in [3.63, 3.8) is 0 Å². The minimum absolute atomic E-state index is 0.254. The van der Waals surface area contributed by atoms with Crippen LogP contribution in [0.15, 0.2) is 27.3 Å². The van der Waals surface area contributed by atoms with E-state index in [1.54, 1.807) is 13.4 Å². The Hall–Kier alpha value is -1.66. The highest BCUT2D eigenvalue weighted by Gasteiger charge is 2.28. The van der Waals surface area contributed by atoms with Crippen molar-refractivity contribution >= 4 is 0 Å². The summed E-state index contributed by atoms with van der Waals surface area (Å²) in [6.45, 7) is 2.75. The Kier molecular flexibility index (Phi) is 5.82. The van der Waals surface area contributed by atoms with Gasteiger partial charge in [0, 0.05) is 20.0 Å². The van der Waals surface area contributed by atoms with E-state index in [9.17, 15) is 0 Å². The molecule has 1 saturated heterocycles. The van der Waals surface area contributed by atoms with E-state index in [0.29, 0.717) is 13.0 Å². The van der Waals surface area contributed by atoms with Crippen LogP contribution in [-0.4, -0.2) is 41.8 Å². The Bertz CT molecular complexity index is 567. The van der Waals surface area contributed by atoms with Crippen LogP contribution in [0.5, 0.6) is 0 Å². The summed E-state index contributed by atoms with van der Waals surface area (Å²) >= 11 is 0. The molecule has 0 aromatic carbocycles. The van der Waals surface area contributed by atoms with Gasteiger partial charge in [-0.25, -0.2) is 0 Å². The van der Waals surface area contributed by atoms with Gasteiger partial charge in [0.2, 0.25) is 5.89 Å². The average molecular weight is 319 g/mol. The van der Waals surface area contributed by atoms with Gasteiger partial charge in [0.05, 0.1) is 18.9 Å². The molecule has 0 bridgehead atoms. The Morgan fingerprint density at radius 3 is 3.13 bits per heavy atom. The first-order valence-corrected chi connectivity index (χ1v) is 8.44. The van der Waals surface area contributed by atoms with Gasteiger partial charge in [0.15, 0.2) is 5.82 Å². The molecule has 6 heteroatoms. The van der Waals surface area contributed by atoms with Crippen molar-refractivity contribution < 1.29 is 13.7 Å². The van der Waals surface area contributed by atoms with Crippen LogP contribution in [0.4, 0.5) is 0 Å². The summed E-state index contributed by atoms with van der Waals surface area (Å²) < 4.78 is 16.0. The smallest absolute Gasteiger partial charge is 0.243 e. The molecule has 2 aromatic heterocycles. The number of methoxy groups -OCH3 is 1. The molecule has 1 atom stereocenters. The largest absolute Gasteiger partial charge is 0.469 e. The molecule has 1 aliphatic heterocycles. The molecule has 1 aliphatic rings. The number of ether oxygens (including phenoxy) is 1. The summed E-state index contributed by atoms with van der Waals surface area (Å²) in [6.07, 6.45) is 8.03. The van der Waals surface area contributed by atoms with Crippen molar-refractivity contribution in [1.29, 1.82) is 0 Å². The van der Waals surface area contributed by atoms with Crippen LogP contribution in [0, 0.1) is 0 Å². The van der Waals surface area contributed by atoms with Crippen molar-refractivity contribution in [2.24, 2.45) is 0 Å². The molecule has 6 nitrogen and oxygen atoms in total. The van der Waals surface area contributed by atoms with E-state index in [1.807, 2.05) is 12.1 Å². The summed E-state index contributed by atoms with van der Waals surface area (Å²) in [7, 11) is 1.68. The van der Waals surface area contributed by atoms with Gasteiger partial charge in [-0.05, 0) is 44.5 Å². The summed E-state index contributed by atoms with van der Waals surface area (Å²) in [5.74, 6) is 2.55. The quantitative estimate of drug-likeness (QED) is 0.745. The molecule has 0 N–H and O–H groups in total. The molecule has 0 spiro atoms. The predicted octanol–water partition coefficient (Wildman–Crippen LogP) is 3.01. The summed E-state index contributed by atoms with van der Waals surface area (Å²) in [5.41, 5.74) is 0. The van der Waals surface area contributed by atoms with Crippen LogP contribution >= 0.6 is 0 Å². The molecule has 1 unspecified atom stereocenters. The number of hydrogen-bond acceptors (Lipinski definition) is 6. The average Bonchev–Trinajstić information content (AvgIpc) is 3.25. The second-order valence-corrected chi connectivity index (χ2v) is 6.02. The minimum Gasteiger partial charge on any atom is -0.469 e. The molecule has 0 radical (unpaired) electrons. The number of nitrogens with zero attached hydrogens (tertiary/aromatic N) is 3. The van der Waals surface area contributed by atoms with Gasteiger partial charge < -0.3 is 13.7 Å². The van der Waals surface area contributed by atoms with Crippen LogP contribution in [0.2, 0.25) is 0 Å². The zero-order valence-electron chi connectivity index (χ0n) is 13.7. The molecule has 3 rings (SSSR count). The fourth-order valence-electron chi connectivity index (χ4n) is 3.15. The van der Waals surface area contributed by atoms with Crippen molar-refractivity contribution in [2.45, 2.75) is 44.6 Å². The highest BCUT2D eigenvalue weighted by atomic mass is 16.5. The first-order chi connectivity index (χ1) is 11.4. The molecule has 0 amide bonds. The second kappa shape index (κ2) is 8.26. The lowest BCUT2D eigenvalue weighted by Gasteiger charge is -2.33. The molecular formula is C17H25N3O3. The van der Waals surface area contributed by atoms with E-state index >= 15 is 0 Å². The van der Waals surface area contributed by atoms with E-state index in [-0.39, 0.29) is 6.04 Å². The van der Waals surface area contributed by atoms with Crippen LogP contribution in [-0.2, 0) is 17.6 Å². The lowest BCUT2D eigenvalue weighted by Crippen LogP contribution is -2.34. The number of rotatable bonds is 8. The first kappa shape index (κ1) is 16.2. The maximum atomic E-state index is 5.51. The molecule has 0 aliphatic carbocycles. The van der Waals surface area contributed by atoms with E-state index < -0.39 is 0 Å². The van der Waals surface area contributed by atoms with E-state index in [2.05, 4.69) is 15.0 Å². The molecule has 2 aromatic rings. The Labute approximate surface area is 136 Å². The molecule has 3 heterocycles. The van der Waals surface area contributed by atoms with Crippen molar-refractivity contribution in [1.82, 2.24) is 15.0 Å². The number of aromatic nitrogens is 2. The van der Waals surface area contributed by atoms with Gasteiger partial charge in [-0.3, -0.25) is 4.90 Å². The third-order valence-electron chi connectivity index (χ3n) is 4.36. The SMILES string of the molecule is COCCc1noc(C2CCCCN2CCCc2ccco2)n1. The maximum Gasteiger partial charge on any atom is 0.243 e. The normalized spacial score (nSPS) is 19.3. The second-order valence-electron chi connectivity index (χ2n) is 6.02. The van der Waals surface area contributed by atoms with E-state index in [4.69, 9.17) is 13.7 Å². The Balaban J connectivity index is 1.56. The zero-order valence-corrected chi connectivity index (χ0v) is 13.7. The van der Waals surface area contributed by atoms with Gasteiger partial charge in [-0.15, -0.1) is 0 Å². The highest BCUT2D eigenvalue weighted by molar-refractivity contribution is 4.99. The maximum absolute atomic E-state index is 5.51. The van der Waals surface area contributed by atoms with Crippen molar-refractivity contribution in [2.75, 3.05) is 26.8 Å². The fourth-order valence-corrected chi connectivity index (χ4v) is 3.15. The Morgan fingerprint density at radius 1 is 1.35 bits per heavy atom. The van der Waals surface area contributed by atoms with E-state index in [0.717, 1.165) is 49.8 Å². The van der Waals surface area contributed by atoms with E-state index in [1.165, 1.54) is 12.8 Å². The number of piperidine rings is 1. The third-order valence-corrected chi connectivity index (χ3v) is 4.36. The van der Waals surface area contributed by atoms with Gasteiger partial charge in [-0.1, -0.05) is 11.6 Å². The molecule has 0 saturated carbocycles. The number of furan rings is 1. The van der Waals surface area contributed by atoms with Crippen LogP contribution in [0.3, 0.4) is 0 Å². The number of likely N-dealkylation sites (tertiary alicyclic amines) is 1. The monoisotopic (exact) mass is 319 g/mol. The third kappa shape index (κ3) is 4.42. The standard InChI is InChI=1S/C17H25N3O3/c1-21-13-9-16-18-17(23-19-16)15-8-2-3-10-20(15)11-4-6-14-7-5-12-22-14/h5,7,12,15H,2-4,6,8-11,13H2,1H3. The topological polar surface area (TPSA) is 64.5 Å². The van der Waals surface area contributed by atoms with Gasteiger partial charge in [-0.2, -0.15) is 4.98 Å². The van der Waals surface area contributed by atoms with Crippen LogP contribution < -0.4 is 0 Å². The lowest BCUT2D eigenvalue weighted by molar-refractivity contribution is 0.117. The number of aryl methyl sites for hydroxylation is 1. The minimum atomic E-state index is 0.254. The summed E-state index contributed by atoms with van der Waals surface area (Å²) in [6, 6.07) is 4.23. The molecule has 23 heavy (non-hydrogen) atoms. The molecular weight excluding hydrogens is 294 g/mol. The summed E-state index contributed by atoms with van der Waals surface area (Å²) in [5, 5.41) is 4.08. The highest BCUT2D eigenvalue weighted by Crippen LogP contribution is 2.30. The first-order valence-electron chi connectivity index (χ1n) is 8.44. The van der Waals surface area contributed by atoms with Gasteiger partial charge in [0.1, 0.15) is 5.76 Å². The molecule has 126 valence electrons. The zero-order chi connectivity index (χ0) is 15.9. The van der Waals surface area contributed by atoms with Gasteiger partial charge >= 0.3 is 0 Å². The lowest BCUT2D eigenvalue weighted by atomic mass is 10.0. The van der Waals surface area contributed by atoms with Crippen molar-refractivity contribution in [3.8, 4) is 0 Å². The predicted molar refractivity (Wildman–Crippen MR) is 85.1 cm³/mol. The molecule has 1 fully saturated rings. The van der Waals surface area contributed by atoms with Crippen LogP contribution in [0.25, 0.3) is 0 Å².